The lowest BCUT2D eigenvalue weighted by atomic mass is 10.1. The number of nitrogens with zero attached hydrogens (tertiary/aromatic N) is 6. The Kier molecular flexibility index (Phi) is 5.63. The van der Waals surface area contributed by atoms with Gasteiger partial charge in [0.25, 0.3) is 0 Å². The Morgan fingerprint density at radius 1 is 0.970 bits per heavy atom. The fourth-order valence-corrected chi connectivity index (χ4v) is 5.38. The molecule has 174 valence electrons. The lowest BCUT2D eigenvalue weighted by Crippen LogP contribution is -2.44. The molecule has 0 bridgehead atoms. The van der Waals surface area contributed by atoms with Crippen LogP contribution >= 0.6 is 0 Å². The van der Waals surface area contributed by atoms with Gasteiger partial charge in [0, 0.05) is 62.6 Å². The van der Waals surface area contributed by atoms with Crippen LogP contribution in [-0.2, 0) is 0 Å². The summed E-state index contributed by atoms with van der Waals surface area (Å²) in [5.41, 5.74) is 3.13. The van der Waals surface area contributed by atoms with Gasteiger partial charge in [-0.15, -0.1) is 0 Å². The van der Waals surface area contributed by atoms with E-state index in [4.69, 9.17) is 19.7 Å². The molecule has 33 heavy (non-hydrogen) atoms. The zero-order chi connectivity index (χ0) is 22.2. The van der Waals surface area contributed by atoms with Crippen molar-refractivity contribution in [2.75, 3.05) is 69.3 Å². The van der Waals surface area contributed by atoms with E-state index in [2.05, 4.69) is 45.3 Å². The molecule has 3 saturated heterocycles. The van der Waals surface area contributed by atoms with Gasteiger partial charge >= 0.3 is 0 Å². The van der Waals surface area contributed by atoms with Crippen LogP contribution in [0.25, 0.3) is 21.8 Å². The predicted octanol–water partition coefficient (Wildman–Crippen LogP) is 2.66. The normalized spacial score (nSPS) is 22.0. The number of likely N-dealkylation sites (tertiary alicyclic amines) is 1. The van der Waals surface area contributed by atoms with E-state index in [0.717, 1.165) is 73.6 Å². The van der Waals surface area contributed by atoms with Crippen molar-refractivity contribution >= 4 is 33.4 Å². The Bertz CT molecular complexity index is 1140. The summed E-state index contributed by atoms with van der Waals surface area (Å²) in [6, 6.07) is 7.05. The number of likely N-dealkylation sites (N-methyl/N-ethyl adjacent to an activating group) is 1. The van der Waals surface area contributed by atoms with Gasteiger partial charge in [0.2, 0.25) is 11.8 Å². The third-order valence-corrected chi connectivity index (χ3v) is 7.42. The molecule has 0 radical (unpaired) electrons. The molecule has 3 aliphatic rings. The minimum atomic E-state index is 0.439. The summed E-state index contributed by atoms with van der Waals surface area (Å²) < 4.78 is 6.36. The van der Waals surface area contributed by atoms with Crippen molar-refractivity contribution in [2.45, 2.75) is 31.7 Å². The molecule has 0 saturated carbocycles. The minimum Gasteiger partial charge on any atom is -0.475 e. The van der Waals surface area contributed by atoms with Crippen LogP contribution < -0.4 is 19.9 Å². The molecule has 3 aromatic rings. The topological polar surface area (TPSA) is 69.7 Å². The molecule has 6 rings (SSSR count). The average molecular weight is 448 g/mol. The smallest absolute Gasteiger partial charge is 0.225 e. The van der Waals surface area contributed by atoms with Crippen LogP contribution in [-0.4, -0.2) is 85.4 Å². The zero-order valence-corrected chi connectivity index (χ0v) is 19.5. The first-order chi connectivity index (χ1) is 16.3. The maximum Gasteiger partial charge on any atom is 0.225 e. The van der Waals surface area contributed by atoms with Gasteiger partial charge in [-0.3, -0.25) is 0 Å². The largest absolute Gasteiger partial charge is 0.475 e. The van der Waals surface area contributed by atoms with Crippen LogP contribution in [0.4, 0.5) is 11.6 Å². The van der Waals surface area contributed by atoms with E-state index in [1.54, 1.807) is 0 Å². The van der Waals surface area contributed by atoms with Crippen LogP contribution in [0.1, 0.15) is 25.7 Å². The van der Waals surface area contributed by atoms with Crippen LogP contribution in [0, 0.1) is 0 Å². The maximum absolute atomic E-state index is 6.36. The first-order valence-corrected chi connectivity index (χ1v) is 12.4. The zero-order valence-electron chi connectivity index (χ0n) is 19.5. The summed E-state index contributed by atoms with van der Waals surface area (Å²) in [6.07, 6.45) is 6.83. The highest BCUT2D eigenvalue weighted by Crippen LogP contribution is 2.33. The van der Waals surface area contributed by atoms with Gasteiger partial charge in [0.1, 0.15) is 6.61 Å². The summed E-state index contributed by atoms with van der Waals surface area (Å²) in [5.74, 6) is 1.45. The number of pyridine rings is 1. The van der Waals surface area contributed by atoms with Gasteiger partial charge in [0.15, 0.2) is 0 Å². The maximum atomic E-state index is 6.36. The Hall–Kier alpha value is -2.71. The highest BCUT2D eigenvalue weighted by atomic mass is 16.5. The van der Waals surface area contributed by atoms with Crippen molar-refractivity contribution in [3.63, 3.8) is 0 Å². The van der Waals surface area contributed by atoms with E-state index in [9.17, 15) is 0 Å². The molecule has 1 N–H and O–H groups in total. The Morgan fingerprint density at radius 2 is 1.82 bits per heavy atom. The molecule has 0 spiro atoms. The molecule has 3 aliphatic heterocycles. The minimum absolute atomic E-state index is 0.439. The fraction of sp³-hybridized carbons (Fsp3) is 0.560. The Balaban J connectivity index is 1.42. The lowest BCUT2D eigenvalue weighted by Gasteiger charge is -2.27. The number of rotatable bonds is 5. The van der Waals surface area contributed by atoms with Crippen molar-refractivity contribution in [3.05, 3.63) is 24.4 Å². The van der Waals surface area contributed by atoms with Crippen LogP contribution in [0.15, 0.2) is 24.4 Å². The summed E-state index contributed by atoms with van der Waals surface area (Å²) in [7, 11) is 2.18. The number of hydrogen-bond acceptors (Lipinski definition) is 8. The second-order valence-electron chi connectivity index (χ2n) is 9.57. The van der Waals surface area contributed by atoms with Gasteiger partial charge < -0.3 is 24.8 Å². The third-order valence-electron chi connectivity index (χ3n) is 7.42. The Labute approximate surface area is 194 Å². The molecule has 8 nitrogen and oxygen atoms in total. The van der Waals surface area contributed by atoms with Crippen LogP contribution in [0.3, 0.4) is 0 Å². The van der Waals surface area contributed by atoms with Crippen molar-refractivity contribution in [1.29, 1.82) is 0 Å². The molecule has 3 fully saturated rings. The molecule has 2 aromatic heterocycles. The van der Waals surface area contributed by atoms with E-state index in [1.165, 1.54) is 31.4 Å². The van der Waals surface area contributed by atoms with Crippen LogP contribution in [0.2, 0.25) is 0 Å². The number of benzene rings is 1. The number of fused-ring (bicyclic) bond motifs is 3. The number of hydrogen-bond donors (Lipinski definition) is 1. The number of anilines is 2. The molecule has 1 aromatic carbocycles. The fourth-order valence-electron chi connectivity index (χ4n) is 5.38. The van der Waals surface area contributed by atoms with Crippen molar-refractivity contribution in [1.82, 2.24) is 25.2 Å². The molecule has 1 atom stereocenters. The molecule has 8 heteroatoms. The van der Waals surface area contributed by atoms with Crippen molar-refractivity contribution in [3.8, 4) is 5.88 Å². The van der Waals surface area contributed by atoms with Gasteiger partial charge in [0.05, 0.1) is 16.4 Å². The summed E-state index contributed by atoms with van der Waals surface area (Å²) in [4.78, 5) is 21.9. The molecule has 0 aliphatic carbocycles. The van der Waals surface area contributed by atoms with E-state index in [-0.39, 0.29) is 0 Å². The van der Waals surface area contributed by atoms with Gasteiger partial charge in [-0.1, -0.05) is 0 Å². The second kappa shape index (κ2) is 8.91. The van der Waals surface area contributed by atoms with E-state index < -0.39 is 0 Å². The van der Waals surface area contributed by atoms with Crippen molar-refractivity contribution < 1.29 is 4.74 Å². The van der Waals surface area contributed by atoms with E-state index in [0.29, 0.717) is 18.5 Å². The number of ether oxygens (including phenoxy) is 1. The summed E-state index contributed by atoms with van der Waals surface area (Å²) in [5, 5.41) is 5.37. The van der Waals surface area contributed by atoms with Gasteiger partial charge in [-0.25, -0.2) is 15.0 Å². The summed E-state index contributed by atoms with van der Waals surface area (Å²) in [6.45, 7) is 7.78. The van der Waals surface area contributed by atoms with E-state index in [1.807, 2.05) is 6.20 Å². The SMILES string of the molecule is CN1CCCC1COc1nc2cc(N3CCCC3)ccc2c2nc(N3CCNCC3)ncc12. The van der Waals surface area contributed by atoms with Gasteiger partial charge in [-0.2, -0.15) is 0 Å². The standard InChI is InChI=1S/C25H33N7O/c1-30-10-4-5-19(30)17-33-24-21-16-27-25(32-13-8-26-9-14-32)29-23(21)20-7-6-18(15-22(20)28-24)31-11-2-3-12-31/h6-7,15-16,19,26H,2-5,8-14,17H2,1H3. The van der Waals surface area contributed by atoms with E-state index >= 15 is 0 Å². The number of nitrogens with one attached hydrogen (secondary N) is 1. The molecule has 5 heterocycles. The first kappa shape index (κ1) is 20.9. The third kappa shape index (κ3) is 4.06. The second-order valence-corrected chi connectivity index (χ2v) is 9.57. The summed E-state index contributed by atoms with van der Waals surface area (Å²) >= 11 is 0. The lowest BCUT2D eigenvalue weighted by molar-refractivity contribution is 0.195. The molecule has 1 unspecified atom stereocenters. The van der Waals surface area contributed by atoms with Gasteiger partial charge in [-0.05, 0) is 57.5 Å². The first-order valence-electron chi connectivity index (χ1n) is 12.4. The highest BCUT2D eigenvalue weighted by molar-refractivity contribution is 6.06. The quantitative estimate of drug-likeness (QED) is 0.599. The molecular formula is C25H33N7O. The predicted molar refractivity (Wildman–Crippen MR) is 133 cm³/mol. The molecular weight excluding hydrogens is 414 g/mol. The Morgan fingerprint density at radius 3 is 2.61 bits per heavy atom. The van der Waals surface area contributed by atoms with Crippen LogP contribution in [0.5, 0.6) is 5.88 Å². The monoisotopic (exact) mass is 447 g/mol. The number of piperazine rings is 1. The van der Waals surface area contributed by atoms with Crippen molar-refractivity contribution in [2.24, 2.45) is 0 Å². The average Bonchev–Trinajstić information content (AvgIpc) is 3.54. The highest BCUT2D eigenvalue weighted by Gasteiger charge is 2.23. The molecule has 0 amide bonds. The number of aromatic nitrogens is 3.